The largest absolute Gasteiger partial charge is 0.356 e. The Labute approximate surface area is 140 Å². The first kappa shape index (κ1) is 15.6. The molecule has 0 amide bonds. The molecule has 0 bridgehead atoms. The quantitative estimate of drug-likeness (QED) is 0.863. The first-order chi connectivity index (χ1) is 10.4. The van der Waals surface area contributed by atoms with Gasteiger partial charge in [0.2, 0.25) is 5.13 Å². The van der Waals surface area contributed by atoms with Gasteiger partial charge >= 0.3 is 0 Å². The molecule has 1 aliphatic heterocycles. The van der Waals surface area contributed by atoms with Crippen molar-refractivity contribution in [2.75, 3.05) is 11.9 Å². The van der Waals surface area contributed by atoms with E-state index < -0.39 is 0 Å². The molecule has 1 aliphatic rings. The van der Waals surface area contributed by atoms with E-state index in [1.165, 1.54) is 11.1 Å². The third-order valence-electron chi connectivity index (χ3n) is 3.63. The van der Waals surface area contributed by atoms with E-state index in [1.54, 1.807) is 11.3 Å². The van der Waals surface area contributed by atoms with Crippen molar-refractivity contribution < 1.29 is 0 Å². The van der Waals surface area contributed by atoms with Crippen molar-refractivity contribution >= 4 is 28.7 Å². The molecule has 3 rings (SSSR count). The summed E-state index contributed by atoms with van der Waals surface area (Å²) >= 11 is 7.00. The van der Waals surface area contributed by atoms with Crippen LogP contribution in [0.3, 0.4) is 0 Å². The molecular weight excluding hydrogens is 312 g/mol. The van der Waals surface area contributed by atoms with Gasteiger partial charge in [-0.25, -0.2) is 4.68 Å². The van der Waals surface area contributed by atoms with Crippen molar-refractivity contribution in [3.8, 4) is 0 Å². The average molecular weight is 335 g/mol. The number of hydrogen-bond donors (Lipinski definition) is 1. The topological polar surface area (TPSA) is 33.1 Å². The molecule has 0 aliphatic carbocycles. The lowest BCUT2D eigenvalue weighted by molar-refractivity contribution is 0.189. The molecule has 0 saturated carbocycles. The second-order valence-corrected chi connectivity index (χ2v) is 8.38. The van der Waals surface area contributed by atoms with Crippen molar-refractivity contribution in [2.24, 2.45) is 0 Å². The number of nitrogens with zero attached hydrogens (tertiary/aromatic N) is 3. The minimum absolute atomic E-state index is 0.00151. The number of anilines is 1. The van der Waals surface area contributed by atoms with Gasteiger partial charge in [0.05, 0.1) is 6.67 Å². The third-order valence-corrected chi connectivity index (χ3v) is 4.86. The average Bonchev–Trinajstić information content (AvgIpc) is 2.76. The zero-order valence-electron chi connectivity index (χ0n) is 13.3. The molecule has 4 nitrogen and oxygen atoms in total. The zero-order valence-corrected chi connectivity index (χ0v) is 14.9. The Kier molecular flexibility index (Phi) is 4.34. The number of benzene rings is 1. The summed E-state index contributed by atoms with van der Waals surface area (Å²) in [4.78, 5) is 2.40. The van der Waals surface area contributed by atoms with E-state index in [-0.39, 0.29) is 5.54 Å². The Hall–Kier alpha value is -1.24. The first-order valence-corrected chi connectivity index (χ1v) is 8.78. The highest BCUT2D eigenvalue weighted by Gasteiger charge is 2.18. The predicted molar refractivity (Wildman–Crippen MR) is 94.9 cm³/mol. The fraction of sp³-hybridized carbons (Fsp3) is 0.500. The second-order valence-electron chi connectivity index (χ2n) is 6.76. The van der Waals surface area contributed by atoms with Crippen molar-refractivity contribution in [1.29, 1.82) is 0 Å². The Balaban J connectivity index is 1.71. The van der Waals surface area contributed by atoms with Crippen LogP contribution in [-0.4, -0.2) is 26.8 Å². The van der Waals surface area contributed by atoms with Gasteiger partial charge in [-0.2, -0.15) is 0 Å². The molecule has 118 valence electrons. The Morgan fingerprint density at radius 1 is 1.27 bits per heavy atom. The lowest BCUT2D eigenvalue weighted by atomic mass is 10.0. The first-order valence-electron chi connectivity index (χ1n) is 7.56. The van der Waals surface area contributed by atoms with Crippen LogP contribution in [0.15, 0.2) is 24.3 Å². The van der Waals surface area contributed by atoms with Gasteiger partial charge in [-0.15, -0.1) is 5.10 Å². The van der Waals surface area contributed by atoms with Gasteiger partial charge in [-0.3, -0.25) is 4.90 Å². The molecule has 22 heavy (non-hydrogen) atoms. The fourth-order valence-corrected chi connectivity index (χ4v) is 3.83. The summed E-state index contributed by atoms with van der Waals surface area (Å²) in [7, 11) is 0. The number of rotatable bonds is 3. The van der Waals surface area contributed by atoms with Crippen LogP contribution >= 0.6 is 23.6 Å². The summed E-state index contributed by atoms with van der Waals surface area (Å²) in [6.45, 7) is 9.17. The molecule has 2 aromatic rings. The van der Waals surface area contributed by atoms with Crippen LogP contribution in [0, 0.1) is 3.95 Å². The van der Waals surface area contributed by atoms with E-state index in [9.17, 15) is 0 Å². The molecule has 0 atom stereocenters. The summed E-state index contributed by atoms with van der Waals surface area (Å²) in [6.07, 6.45) is 1.10. The van der Waals surface area contributed by atoms with Crippen LogP contribution < -0.4 is 5.32 Å². The molecule has 1 N–H and O–H groups in total. The number of aromatic nitrogens is 2. The van der Waals surface area contributed by atoms with Crippen LogP contribution in [0.25, 0.3) is 0 Å². The minimum Gasteiger partial charge on any atom is -0.356 e. The molecule has 0 fully saturated rings. The summed E-state index contributed by atoms with van der Waals surface area (Å²) in [5.74, 6) is 0. The fourth-order valence-electron chi connectivity index (χ4n) is 2.63. The van der Waals surface area contributed by atoms with Crippen LogP contribution in [0.4, 0.5) is 5.13 Å². The SMILES string of the molecule is CC(C)(C)Nc1nn(CN2CCc3ccccc3C2)c(=S)s1. The van der Waals surface area contributed by atoms with Gasteiger partial charge in [0.25, 0.3) is 0 Å². The standard InChI is InChI=1S/C16H22N4S2/c1-16(2,3)17-14-18-20(15(21)22-14)11-19-9-8-12-6-4-5-7-13(12)10-19/h4-7H,8-11H2,1-3H3,(H,17,18). The monoisotopic (exact) mass is 334 g/mol. The molecule has 6 heteroatoms. The summed E-state index contributed by atoms with van der Waals surface area (Å²) < 4.78 is 2.76. The summed E-state index contributed by atoms with van der Waals surface area (Å²) in [6, 6.07) is 8.68. The smallest absolute Gasteiger partial charge is 0.205 e. The van der Waals surface area contributed by atoms with Gasteiger partial charge in [-0.05, 0) is 50.5 Å². The Morgan fingerprint density at radius 3 is 2.73 bits per heavy atom. The van der Waals surface area contributed by atoms with Crippen LogP contribution in [0.2, 0.25) is 0 Å². The van der Waals surface area contributed by atoms with Crippen molar-refractivity contribution in [1.82, 2.24) is 14.7 Å². The van der Waals surface area contributed by atoms with Crippen molar-refractivity contribution in [3.05, 3.63) is 39.3 Å². The highest BCUT2D eigenvalue weighted by atomic mass is 32.1. The Morgan fingerprint density at radius 2 is 2.00 bits per heavy atom. The molecule has 1 aromatic carbocycles. The predicted octanol–water partition coefficient (Wildman–Crippen LogP) is 3.90. The van der Waals surface area contributed by atoms with Gasteiger partial charge < -0.3 is 5.32 Å². The lowest BCUT2D eigenvalue weighted by Crippen LogP contribution is -2.32. The van der Waals surface area contributed by atoms with E-state index in [1.807, 2.05) is 4.68 Å². The van der Waals surface area contributed by atoms with E-state index in [4.69, 9.17) is 12.2 Å². The van der Waals surface area contributed by atoms with Gasteiger partial charge in [0, 0.05) is 18.6 Å². The molecule has 0 spiro atoms. The van der Waals surface area contributed by atoms with E-state index in [0.717, 1.165) is 35.3 Å². The Bertz CT molecular complexity index is 711. The zero-order chi connectivity index (χ0) is 15.7. The normalized spacial score (nSPS) is 15.6. The van der Waals surface area contributed by atoms with Crippen LogP contribution in [0.1, 0.15) is 31.9 Å². The van der Waals surface area contributed by atoms with Crippen molar-refractivity contribution in [3.63, 3.8) is 0 Å². The third kappa shape index (κ3) is 3.74. The molecule has 0 radical (unpaired) electrons. The summed E-state index contributed by atoms with van der Waals surface area (Å²) in [5, 5.41) is 8.92. The maximum absolute atomic E-state index is 5.46. The number of hydrogen-bond acceptors (Lipinski definition) is 5. The number of nitrogens with one attached hydrogen (secondary N) is 1. The van der Waals surface area contributed by atoms with E-state index in [2.05, 4.69) is 60.4 Å². The highest BCUT2D eigenvalue weighted by Crippen LogP contribution is 2.22. The molecular formula is C16H22N4S2. The summed E-state index contributed by atoms with van der Waals surface area (Å²) in [5.41, 5.74) is 2.89. The van der Waals surface area contributed by atoms with E-state index in [0.29, 0.717) is 0 Å². The highest BCUT2D eigenvalue weighted by molar-refractivity contribution is 7.73. The maximum atomic E-state index is 5.46. The molecule has 2 heterocycles. The molecule has 0 saturated heterocycles. The molecule has 1 aromatic heterocycles. The van der Waals surface area contributed by atoms with E-state index >= 15 is 0 Å². The lowest BCUT2D eigenvalue weighted by Gasteiger charge is -2.28. The van der Waals surface area contributed by atoms with Gasteiger partial charge in [-0.1, -0.05) is 35.6 Å². The van der Waals surface area contributed by atoms with Crippen molar-refractivity contribution in [2.45, 2.75) is 45.9 Å². The maximum Gasteiger partial charge on any atom is 0.205 e. The van der Waals surface area contributed by atoms with Gasteiger partial charge in [0.1, 0.15) is 0 Å². The number of fused-ring (bicyclic) bond motifs is 1. The molecule has 0 unspecified atom stereocenters. The minimum atomic E-state index is 0.00151. The van der Waals surface area contributed by atoms with Crippen LogP contribution in [0.5, 0.6) is 0 Å². The second kappa shape index (κ2) is 6.10. The van der Waals surface area contributed by atoms with Crippen LogP contribution in [-0.2, 0) is 19.6 Å². The van der Waals surface area contributed by atoms with Gasteiger partial charge in [0.15, 0.2) is 3.95 Å².